The van der Waals surface area contributed by atoms with Crippen LogP contribution in [0, 0.1) is 6.92 Å². The van der Waals surface area contributed by atoms with Gasteiger partial charge in [0.2, 0.25) is 0 Å². The molecule has 0 aromatic heterocycles. The highest BCUT2D eigenvalue weighted by atomic mass is 35.5. The van der Waals surface area contributed by atoms with Crippen LogP contribution in [0.15, 0.2) is 12.1 Å². The number of nitrogens with zero attached hydrogens (tertiary/aromatic N) is 1. The van der Waals surface area contributed by atoms with Crippen LogP contribution in [-0.2, 0) is 0 Å². The number of hydrogen-bond donors (Lipinski definition) is 1. The van der Waals surface area contributed by atoms with Gasteiger partial charge in [0.25, 0.3) is 0 Å². The number of carbonyl (C=O) groups is 1. The zero-order chi connectivity index (χ0) is 14.5. The highest BCUT2D eigenvalue weighted by Crippen LogP contribution is 2.46. The number of urea groups is 1. The minimum absolute atomic E-state index is 0.0262. The molecule has 2 atom stereocenters. The molecule has 2 aliphatic heterocycles. The van der Waals surface area contributed by atoms with E-state index in [1.807, 2.05) is 26.0 Å². The van der Waals surface area contributed by atoms with E-state index in [1.54, 1.807) is 4.90 Å². The maximum atomic E-state index is 12.3. The molecule has 2 aliphatic rings. The van der Waals surface area contributed by atoms with Crippen molar-refractivity contribution in [3.63, 3.8) is 0 Å². The van der Waals surface area contributed by atoms with Gasteiger partial charge in [-0.05, 0) is 38.0 Å². The summed E-state index contributed by atoms with van der Waals surface area (Å²) >= 11 is 6.13. The second-order valence-electron chi connectivity index (χ2n) is 5.78. The summed E-state index contributed by atoms with van der Waals surface area (Å²) in [7, 11) is 0. The molecule has 2 amide bonds. The number of rotatable bonds is 2. The van der Waals surface area contributed by atoms with Gasteiger partial charge in [-0.1, -0.05) is 18.5 Å². The van der Waals surface area contributed by atoms with Crippen molar-refractivity contribution < 1.29 is 9.53 Å². The molecule has 1 fully saturated rings. The molecule has 0 spiro atoms. The number of halogens is 1. The Hall–Kier alpha value is -1.42. The maximum Gasteiger partial charge on any atom is 0.320 e. The van der Waals surface area contributed by atoms with Crippen LogP contribution >= 0.6 is 11.6 Å². The van der Waals surface area contributed by atoms with Gasteiger partial charge in [-0.25, -0.2) is 4.79 Å². The Kier molecular flexibility index (Phi) is 3.09. The van der Waals surface area contributed by atoms with Crippen molar-refractivity contribution in [2.75, 3.05) is 6.54 Å². The average molecular weight is 295 g/mol. The van der Waals surface area contributed by atoms with Crippen LogP contribution in [0.2, 0.25) is 5.02 Å². The molecule has 1 aromatic rings. The van der Waals surface area contributed by atoms with Crippen LogP contribution in [0.1, 0.15) is 43.9 Å². The van der Waals surface area contributed by atoms with Gasteiger partial charge in [-0.3, -0.25) is 4.90 Å². The molecule has 3 rings (SSSR count). The minimum Gasteiger partial charge on any atom is -0.467 e. The first-order valence-electron chi connectivity index (χ1n) is 7.02. The summed E-state index contributed by atoms with van der Waals surface area (Å²) in [6.45, 7) is 6.73. The van der Waals surface area contributed by atoms with Gasteiger partial charge in [0, 0.05) is 23.6 Å². The van der Waals surface area contributed by atoms with Gasteiger partial charge in [0.15, 0.2) is 5.72 Å². The molecule has 0 aliphatic carbocycles. The molecular formula is C15H19ClN2O2. The van der Waals surface area contributed by atoms with Crippen molar-refractivity contribution in [1.82, 2.24) is 10.2 Å². The molecule has 20 heavy (non-hydrogen) atoms. The molecule has 4 nitrogen and oxygen atoms in total. The van der Waals surface area contributed by atoms with Crippen molar-refractivity contribution in [1.29, 1.82) is 0 Å². The van der Waals surface area contributed by atoms with Gasteiger partial charge in [0.1, 0.15) is 5.75 Å². The number of carbonyl (C=O) groups excluding carboxylic acids is 1. The third-order valence-electron chi connectivity index (χ3n) is 4.11. The normalized spacial score (nSPS) is 27.7. The zero-order valence-electron chi connectivity index (χ0n) is 12.0. The Labute approximate surface area is 124 Å². The van der Waals surface area contributed by atoms with Crippen LogP contribution < -0.4 is 10.1 Å². The topological polar surface area (TPSA) is 41.6 Å². The summed E-state index contributed by atoms with van der Waals surface area (Å²) in [5.41, 5.74) is 1.42. The first kappa shape index (κ1) is 13.6. The highest BCUT2D eigenvalue weighted by Gasteiger charge is 2.49. The third kappa shape index (κ3) is 1.94. The van der Waals surface area contributed by atoms with Crippen LogP contribution in [0.4, 0.5) is 4.79 Å². The van der Waals surface area contributed by atoms with E-state index in [0.29, 0.717) is 11.6 Å². The Morgan fingerprint density at radius 1 is 1.55 bits per heavy atom. The van der Waals surface area contributed by atoms with Crippen molar-refractivity contribution in [3.8, 4) is 5.75 Å². The van der Waals surface area contributed by atoms with Crippen LogP contribution in [0.25, 0.3) is 0 Å². The molecule has 5 heteroatoms. The van der Waals surface area contributed by atoms with E-state index in [0.717, 1.165) is 29.7 Å². The van der Waals surface area contributed by atoms with Crippen molar-refractivity contribution in [3.05, 3.63) is 28.3 Å². The fourth-order valence-electron chi connectivity index (χ4n) is 3.20. The lowest BCUT2D eigenvalue weighted by molar-refractivity contribution is -0.0840. The predicted molar refractivity (Wildman–Crippen MR) is 78.1 cm³/mol. The highest BCUT2D eigenvalue weighted by molar-refractivity contribution is 6.30. The van der Waals surface area contributed by atoms with E-state index in [9.17, 15) is 4.79 Å². The Morgan fingerprint density at radius 2 is 2.30 bits per heavy atom. The Morgan fingerprint density at radius 3 is 3.00 bits per heavy atom. The van der Waals surface area contributed by atoms with E-state index < -0.39 is 5.72 Å². The first-order valence-corrected chi connectivity index (χ1v) is 7.39. The summed E-state index contributed by atoms with van der Waals surface area (Å²) in [5, 5.41) is 3.75. The Balaban J connectivity index is 2.08. The van der Waals surface area contributed by atoms with Gasteiger partial charge in [-0.15, -0.1) is 0 Å². The van der Waals surface area contributed by atoms with E-state index in [2.05, 4.69) is 12.2 Å². The van der Waals surface area contributed by atoms with E-state index in [4.69, 9.17) is 16.3 Å². The number of aryl methyl sites for hydroxylation is 1. The summed E-state index contributed by atoms with van der Waals surface area (Å²) < 4.78 is 6.22. The zero-order valence-corrected chi connectivity index (χ0v) is 12.8. The summed E-state index contributed by atoms with van der Waals surface area (Å²) in [5.74, 6) is 0.856. The number of fused-ring (bicyclic) bond motifs is 4. The van der Waals surface area contributed by atoms with Crippen molar-refractivity contribution in [2.45, 2.75) is 45.4 Å². The molecule has 1 N–H and O–H groups in total. The SMILES string of the molecule is CCCN1C(=O)NC2CC1(C)Oc1c(C)cc(Cl)cc12. The number of amides is 2. The summed E-state index contributed by atoms with van der Waals surface area (Å²) in [6, 6.07) is 3.70. The van der Waals surface area contributed by atoms with E-state index in [1.165, 1.54) is 0 Å². The second-order valence-corrected chi connectivity index (χ2v) is 6.21. The van der Waals surface area contributed by atoms with E-state index in [-0.39, 0.29) is 12.1 Å². The first-order chi connectivity index (χ1) is 9.44. The molecule has 2 bridgehead atoms. The lowest BCUT2D eigenvalue weighted by atomic mass is 9.89. The summed E-state index contributed by atoms with van der Waals surface area (Å²) in [4.78, 5) is 14.1. The Bertz CT molecular complexity index is 575. The summed E-state index contributed by atoms with van der Waals surface area (Å²) in [6.07, 6.45) is 1.65. The number of nitrogens with one attached hydrogen (secondary N) is 1. The van der Waals surface area contributed by atoms with Crippen LogP contribution in [-0.4, -0.2) is 23.2 Å². The van der Waals surface area contributed by atoms with Crippen LogP contribution in [0.5, 0.6) is 5.75 Å². The second kappa shape index (κ2) is 4.55. The smallest absolute Gasteiger partial charge is 0.320 e. The largest absolute Gasteiger partial charge is 0.467 e. The number of ether oxygens (including phenoxy) is 1. The maximum absolute atomic E-state index is 12.3. The number of benzene rings is 1. The lowest BCUT2D eigenvalue weighted by Gasteiger charge is -2.51. The number of hydrogen-bond acceptors (Lipinski definition) is 2. The minimum atomic E-state index is -0.575. The molecule has 0 saturated carbocycles. The van der Waals surface area contributed by atoms with Gasteiger partial charge in [-0.2, -0.15) is 0 Å². The third-order valence-corrected chi connectivity index (χ3v) is 4.33. The van der Waals surface area contributed by atoms with Crippen molar-refractivity contribution >= 4 is 17.6 Å². The van der Waals surface area contributed by atoms with Gasteiger partial charge < -0.3 is 10.1 Å². The molecule has 0 radical (unpaired) electrons. The quantitative estimate of drug-likeness (QED) is 0.905. The lowest BCUT2D eigenvalue weighted by Crippen LogP contribution is -2.64. The van der Waals surface area contributed by atoms with E-state index >= 15 is 0 Å². The molecule has 2 unspecified atom stereocenters. The molecule has 1 aromatic carbocycles. The molecule has 1 saturated heterocycles. The molecule has 2 heterocycles. The standard InChI is InChI=1S/C15H19ClN2O2/c1-4-5-18-14(19)17-12-8-15(18,3)20-13-9(2)6-10(16)7-11(12)13/h6-7,12H,4-5,8H2,1-3H3,(H,17,19). The molecular weight excluding hydrogens is 276 g/mol. The monoisotopic (exact) mass is 294 g/mol. The van der Waals surface area contributed by atoms with Crippen LogP contribution in [0.3, 0.4) is 0 Å². The molecule has 108 valence electrons. The predicted octanol–water partition coefficient (Wildman–Crippen LogP) is 3.62. The fraction of sp³-hybridized carbons (Fsp3) is 0.533. The van der Waals surface area contributed by atoms with Gasteiger partial charge >= 0.3 is 6.03 Å². The average Bonchev–Trinajstić information content (AvgIpc) is 2.36. The van der Waals surface area contributed by atoms with Gasteiger partial charge in [0.05, 0.1) is 6.04 Å². The fourth-order valence-corrected chi connectivity index (χ4v) is 3.48. The van der Waals surface area contributed by atoms with Crippen molar-refractivity contribution in [2.24, 2.45) is 0 Å².